The van der Waals surface area contributed by atoms with E-state index in [2.05, 4.69) is 29.6 Å². The Kier molecular flexibility index (Phi) is 3.58. The summed E-state index contributed by atoms with van der Waals surface area (Å²) in [5.74, 6) is -0.0527. The number of carbonyl (C=O) groups is 1. The minimum atomic E-state index is -0.0527. The number of hydrogen-bond donors (Lipinski definition) is 1. The van der Waals surface area contributed by atoms with Crippen molar-refractivity contribution in [2.24, 2.45) is 4.99 Å². The van der Waals surface area contributed by atoms with Crippen LogP contribution in [0.15, 0.2) is 96.0 Å². The molecule has 0 aliphatic carbocycles. The molecular weight excluding hydrogens is 332 g/mol. The molecule has 5 rings (SSSR count). The lowest BCUT2D eigenvalue weighted by molar-refractivity contribution is 0.103. The quantitative estimate of drug-likeness (QED) is 0.483. The summed E-state index contributed by atoms with van der Waals surface area (Å²) in [5.41, 5.74) is 5.44. The fraction of sp³-hybridized carbons (Fsp3) is 0. The van der Waals surface area contributed by atoms with Gasteiger partial charge in [-0.1, -0.05) is 72.8 Å². The van der Waals surface area contributed by atoms with Crippen molar-refractivity contribution in [3.63, 3.8) is 0 Å². The third-order valence-corrected chi connectivity index (χ3v) is 4.84. The van der Waals surface area contributed by atoms with Gasteiger partial charge in [0.15, 0.2) is 0 Å². The second kappa shape index (κ2) is 6.22. The van der Waals surface area contributed by atoms with Crippen molar-refractivity contribution in [2.45, 2.75) is 0 Å². The van der Waals surface area contributed by atoms with E-state index in [4.69, 9.17) is 4.99 Å². The Morgan fingerprint density at radius 1 is 0.704 bits per heavy atom. The van der Waals surface area contributed by atoms with E-state index < -0.39 is 0 Å². The number of nitrogens with zero attached hydrogens (tertiary/aromatic N) is 1. The Labute approximate surface area is 157 Å². The van der Waals surface area contributed by atoms with Gasteiger partial charge in [0, 0.05) is 33.2 Å². The highest BCUT2D eigenvalue weighted by Crippen LogP contribution is 2.38. The lowest BCUT2D eigenvalue weighted by Gasteiger charge is -2.10. The Balaban J connectivity index is 1.77. The van der Waals surface area contributed by atoms with Crippen LogP contribution in [-0.2, 0) is 0 Å². The minimum Gasteiger partial charge on any atom is -0.321 e. The summed E-state index contributed by atoms with van der Waals surface area (Å²) < 4.78 is 0. The molecule has 0 atom stereocenters. The molecular formula is C24H16N2O. The fourth-order valence-corrected chi connectivity index (χ4v) is 3.58. The molecule has 1 aliphatic rings. The van der Waals surface area contributed by atoms with Crippen LogP contribution in [-0.4, -0.2) is 11.6 Å². The van der Waals surface area contributed by atoms with Gasteiger partial charge in [0.25, 0.3) is 5.91 Å². The first kappa shape index (κ1) is 15.5. The summed E-state index contributed by atoms with van der Waals surface area (Å²) in [7, 11) is 0. The molecule has 4 aromatic rings. The zero-order chi connectivity index (χ0) is 18.2. The maximum Gasteiger partial charge on any atom is 0.256 e. The summed E-state index contributed by atoms with van der Waals surface area (Å²) in [4.78, 5) is 17.2. The molecule has 0 spiro atoms. The Bertz CT molecular complexity index is 1150. The lowest BCUT2D eigenvalue weighted by atomic mass is 10.0. The van der Waals surface area contributed by atoms with Crippen LogP contribution in [0.5, 0.6) is 0 Å². The van der Waals surface area contributed by atoms with E-state index >= 15 is 0 Å². The highest BCUT2D eigenvalue weighted by Gasteiger charge is 2.22. The maximum absolute atomic E-state index is 12.2. The standard InChI is InChI=1S/C24H16N2O/c27-24-19-13-7-12-18-20(14-15-21(26-24)22(18)19)25-23(16-8-3-1-4-9-16)17-10-5-2-6-11-17/h1-15H,(H,26,27). The van der Waals surface area contributed by atoms with E-state index in [1.807, 2.05) is 66.7 Å². The molecule has 3 nitrogen and oxygen atoms in total. The van der Waals surface area contributed by atoms with E-state index in [-0.39, 0.29) is 5.91 Å². The molecule has 0 saturated heterocycles. The monoisotopic (exact) mass is 348 g/mol. The van der Waals surface area contributed by atoms with Gasteiger partial charge in [-0.15, -0.1) is 0 Å². The molecule has 0 fully saturated rings. The maximum atomic E-state index is 12.2. The second-order valence-corrected chi connectivity index (χ2v) is 6.51. The number of hydrogen-bond acceptors (Lipinski definition) is 2. The Morgan fingerprint density at radius 2 is 1.37 bits per heavy atom. The van der Waals surface area contributed by atoms with Gasteiger partial charge < -0.3 is 5.32 Å². The molecule has 1 aliphatic heterocycles. The van der Waals surface area contributed by atoms with E-state index in [9.17, 15) is 4.79 Å². The average Bonchev–Trinajstić information content (AvgIpc) is 3.06. The Morgan fingerprint density at radius 3 is 2.04 bits per heavy atom. The molecule has 3 heteroatoms. The highest BCUT2D eigenvalue weighted by molar-refractivity contribution is 6.26. The van der Waals surface area contributed by atoms with Crippen LogP contribution in [0, 0.1) is 0 Å². The summed E-state index contributed by atoms with van der Waals surface area (Å²) in [6.45, 7) is 0. The van der Waals surface area contributed by atoms with E-state index in [0.717, 1.165) is 39.0 Å². The SMILES string of the molecule is O=C1Nc2ccc(N=C(c3ccccc3)c3ccccc3)c3cccc1c23. The number of aliphatic imine (C=N–C) groups is 1. The second-order valence-electron chi connectivity index (χ2n) is 6.51. The third kappa shape index (κ3) is 2.61. The molecule has 0 saturated carbocycles. The Hall–Kier alpha value is -3.72. The zero-order valence-corrected chi connectivity index (χ0v) is 14.5. The smallest absolute Gasteiger partial charge is 0.256 e. The van der Waals surface area contributed by atoms with Crippen LogP contribution in [0.3, 0.4) is 0 Å². The normalized spacial score (nSPS) is 12.1. The number of anilines is 1. The van der Waals surface area contributed by atoms with Crippen molar-refractivity contribution in [3.8, 4) is 0 Å². The summed E-state index contributed by atoms with van der Waals surface area (Å²) in [6.07, 6.45) is 0. The van der Waals surface area contributed by atoms with Gasteiger partial charge in [-0.3, -0.25) is 4.79 Å². The third-order valence-electron chi connectivity index (χ3n) is 4.84. The van der Waals surface area contributed by atoms with Crippen molar-refractivity contribution in [3.05, 3.63) is 108 Å². The topological polar surface area (TPSA) is 41.5 Å². The van der Waals surface area contributed by atoms with Gasteiger partial charge in [-0.25, -0.2) is 4.99 Å². The molecule has 4 aromatic carbocycles. The number of nitrogens with one attached hydrogen (secondary N) is 1. The molecule has 27 heavy (non-hydrogen) atoms. The number of benzene rings is 4. The first-order valence-electron chi connectivity index (χ1n) is 8.88. The predicted molar refractivity (Wildman–Crippen MR) is 110 cm³/mol. The molecule has 1 heterocycles. The molecule has 1 N–H and O–H groups in total. The van der Waals surface area contributed by atoms with Crippen LogP contribution >= 0.6 is 0 Å². The minimum absolute atomic E-state index is 0.0527. The van der Waals surface area contributed by atoms with Crippen LogP contribution in [0.4, 0.5) is 11.4 Å². The fourth-order valence-electron chi connectivity index (χ4n) is 3.58. The van der Waals surface area contributed by atoms with E-state index in [1.54, 1.807) is 0 Å². The van der Waals surface area contributed by atoms with Crippen molar-refractivity contribution in [1.82, 2.24) is 0 Å². The lowest BCUT2D eigenvalue weighted by Crippen LogP contribution is -2.03. The van der Waals surface area contributed by atoms with Gasteiger partial charge in [-0.2, -0.15) is 0 Å². The van der Waals surface area contributed by atoms with Crippen LogP contribution in [0.1, 0.15) is 21.5 Å². The zero-order valence-electron chi connectivity index (χ0n) is 14.5. The van der Waals surface area contributed by atoms with Crippen molar-refractivity contribution in [1.29, 1.82) is 0 Å². The molecule has 0 bridgehead atoms. The molecule has 128 valence electrons. The average molecular weight is 348 g/mol. The highest BCUT2D eigenvalue weighted by atomic mass is 16.1. The van der Waals surface area contributed by atoms with Gasteiger partial charge in [-0.05, 0) is 18.2 Å². The van der Waals surface area contributed by atoms with E-state index in [0.29, 0.717) is 5.56 Å². The van der Waals surface area contributed by atoms with Crippen molar-refractivity contribution < 1.29 is 4.79 Å². The van der Waals surface area contributed by atoms with Gasteiger partial charge in [0.2, 0.25) is 0 Å². The molecule has 0 radical (unpaired) electrons. The number of amides is 1. The van der Waals surface area contributed by atoms with Crippen LogP contribution in [0.2, 0.25) is 0 Å². The largest absolute Gasteiger partial charge is 0.321 e. The van der Waals surface area contributed by atoms with E-state index in [1.165, 1.54) is 0 Å². The van der Waals surface area contributed by atoms with Crippen molar-refractivity contribution >= 4 is 33.8 Å². The van der Waals surface area contributed by atoms with Gasteiger partial charge >= 0.3 is 0 Å². The summed E-state index contributed by atoms with van der Waals surface area (Å²) >= 11 is 0. The summed E-state index contributed by atoms with van der Waals surface area (Å²) in [6, 6.07) is 30.0. The molecule has 0 aromatic heterocycles. The van der Waals surface area contributed by atoms with Crippen molar-refractivity contribution in [2.75, 3.05) is 5.32 Å². The molecule has 1 amide bonds. The summed E-state index contributed by atoms with van der Waals surface area (Å²) in [5, 5.41) is 4.86. The number of carbonyl (C=O) groups excluding carboxylic acids is 1. The first-order valence-corrected chi connectivity index (χ1v) is 8.88. The van der Waals surface area contributed by atoms with Crippen LogP contribution in [0.25, 0.3) is 10.8 Å². The van der Waals surface area contributed by atoms with Gasteiger partial charge in [0.05, 0.1) is 11.4 Å². The first-order chi connectivity index (χ1) is 13.3. The van der Waals surface area contributed by atoms with Crippen LogP contribution < -0.4 is 5.32 Å². The molecule has 0 unspecified atom stereocenters. The van der Waals surface area contributed by atoms with Gasteiger partial charge in [0.1, 0.15) is 0 Å². The predicted octanol–water partition coefficient (Wildman–Crippen LogP) is 5.57. The number of rotatable bonds is 3.